The molecule has 0 spiro atoms. The van der Waals surface area contributed by atoms with Gasteiger partial charge in [-0.2, -0.15) is 0 Å². The highest BCUT2D eigenvalue weighted by molar-refractivity contribution is 5.41. The van der Waals surface area contributed by atoms with Crippen LogP contribution in [-0.2, 0) is 10.2 Å². The standard InChI is InChI=1S/C16H16O3/c17-14-11-16(15(18)19-14,12-7-3-1-4-8-12)13-9-5-2-6-10-13/h1-10,14-15,17-18H,11H2. The second kappa shape index (κ2) is 4.78. The first-order valence-corrected chi connectivity index (χ1v) is 6.36. The van der Waals surface area contributed by atoms with Crippen LogP contribution in [0.1, 0.15) is 17.5 Å². The summed E-state index contributed by atoms with van der Waals surface area (Å²) in [4.78, 5) is 0. The fourth-order valence-electron chi connectivity index (χ4n) is 2.85. The topological polar surface area (TPSA) is 49.7 Å². The molecule has 0 bridgehead atoms. The molecule has 1 heterocycles. The van der Waals surface area contributed by atoms with Gasteiger partial charge in [0.25, 0.3) is 0 Å². The van der Waals surface area contributed by atoms with Crippen LogP contribution in [0.15, 0.2) is 60.7 Å². The Hall–Kier alpha value is -1.68. The molecule has 19 heavy (non-hydrogen) atoms. The number of ether oxygens (including phenoxy) is 1. The van der Waals surface area contributed by atoms with Crippen molar-refractivity contribution in [1.82, 2.24) is 0 Å². The van der Waals surface area contributed by atoms with Gasteiger partial charge in [-0.15, -0.1) is 0 Å². The molecule has 0 aliphatic carbocycles. The predicted molar refractivity (Wildman–Crippen MR) is 71.4 cm³/mol. The molecule has 2 aromatic rings. The van der Waals surface area contributed by atoms with Gasteiger partial charge in [0.15, 0.2) is 12.6 Å². The van der Waals surface area contributed by atoms with E-state index >= 15 is 0 Å². The Labute approximate surface area is 112 Å². The monoisotopic (exact) mass is 256 g/mol. The molecule has 2 unspecified atom stereocenters. The summed E-state index contributed by atoms with van der Waals surface area (Å²) in [6.07, 6.45) is -1.65. The third-order valence-corrected chi connectivity index (χ3v) is 3.78. The van der Waals surface area contributed by atoms with Crippen molar-refractivity contribution < 1.29 is 14.9 Å². The number of hydrogen-bond acceptors (Lipinski definition) is 3. The molecular weight excluding hydrogens is 240 g/mol. The summed E-state index contributed by atoms with van der Waals surface area (Å²) in [5.74, 6) is 0. The summed E-state index contributed by atoms with van der Waals surface area (Å²) in [5, 5.41) is 20.1. The number of aliphatic hydroxyl groups excluding tert-OH is 2. The average Bonchev–Trinajstić information content (AvgIpc) is 2.76. The van der Waals surface area contributed by atoms with E-state index in [1.807, 2.05) is 60.7 Å². The molecule has 1 saturated heterocycles. The molecule has 98 valence electrons. The van der Waals surface area contributed by atoms with Crippen molar-refractivity contribution in [1.29, 1.82) is 0 Å². The second-order valence-electron chi connectivity index (χ2n) is 4.85. The van der Waals surface area contributed by atoms with Gasteiger partial charge in [0.2, 0.25) is 0 Å². The molecule has 2 atom stereocenters. The lowest BCUT2D eigenvalue weighted by atomic mass is 9.72. The first-order valence-electron chi connectivity index (χ1n) is 6.36. The SMILES string of the molecule is OC1CC(c2ccccc2)(c2ccccc2)C(O)O1. The van der Waals surface area contributed by atoms with Gasteiger partial charge in [-0.1, -0.05) is 60.7 Å². The minimum Gasteiger partial charge on any atom is -0.368 e. The molecular formula is C16H16O3. The Bertz CT molecular complexity index is 499. The molecule has 1 aliphatic rings. The van der Waals surface area contributed by atoms with Crippen molar-refractivity contribution in [2.75, 3.05) is 0 Å². The van der Waals surface area contributed by atoms with E-state index in [9.17, 15) is 10.2 Å². The van der Waals surface area contributed by atoms with Crippen molar-refractivity contribution in [2.45, 2.75) is 24.4 Å². The largest absolute Gasteiger partial charge is 0.368 e. The maximum absolute atomic E-state index is 10.3. The molecule has 0 saturated carbocycles. The minimum atomic E-state index is -1.05. The molecule has 3 nitrogen and oxygen atoms in total. The first-order chi connectivity index (χ1) is 9.23. The molecule has 2 N–H and O–H groups in total. The van der Waals surface area contributed by atoms with E-state index in [-0.39, 0.29) is 0 Å². The molecule has 0 radical (unpaired) electrons. The number of aliphatic hydroxyl groups is 2. The number of rotatable bonds is 2. The van der Waals surface area contributed by atoms with Crippen molar-refractivity contribution in [2.24, 2.45) is 0 Å². The zero-order chi connectivity index (χ0) is 13.3. The fraction of sp³-hybridized carbons (Fsp3) is 0.250. The third-order valence-electron chi connectivity index (χ3n) is 3.78. The van der Waals surface area contributed by atoms with E-state index in [0.717, 1.165) is 11.1 Å². The van der Waals surface area contributed by atoms with Crippen molar-refractivity contribution >= 4 is 0 Å². The van der Waals surface area contributed by atoms with Crippen LogP contribution in [0.4, 0.5) is 0 Å². The Morgan fingerprint density at radius 1 is 0.842 bits per heavy atom. The zero-order valence-corrected chi connectivity index (χ0v) is 10.4. The highest BCUT2D eigenvalue weighted by Gasteiger charge is 2.50. The Morgan fingerprint density at radius 2 is 1.32 bits per heavy atom. The molecule has 2 aromatic carbocycles. The Morgan fingerprint density at radius 3 is 1.68 bits per heavy atom. The minimum absolute atomic E-state index is 0.349. The van der Waals surface area contributed by atoms with Crippen molar-refractivity contribution in [3.05, 3.63) is 71.8 Å². The van der Waals surface area contributed by atoms with Crippen molar-refractivity contribution in [3.63, 3.8) is 0 Å². The zero-order valence-electron chi connectivity index (χ0n) is 10.4. The summed E-state index contributed by atoms with van der Waals surface area (Å²) in [6, 6.07) is 19.4. The van der Waals surface area contributed by atoms with Gasteiger partial charge < -0.3 is 14.9 Å². The van der Waals surface area contributed by atoms with Crippen LogP contribution < -0.4 is 0 Å². The van der Waals surface area contributed by atoms with Gasteiger partial charge in [-0.25, -0.2) is 0 Å². The van der Waals surface area contributed by atoms with Crippen LogP contribution in [0.3, 0.4) is 0 Å². The van der Waals surface area contributed by atoms with Crippen molar-refractivity contribution in [3.8, 4) is 0 Å². The summed E-state index contributed by atoms with van der Waals surface area (Å²) in [7, 11) is 0. The van der Waals surface area contributed by atoms with Gasteiger partial charge in [0.05, 0.1) is 5.41 Å². The lowest BCUT2D eigenvalue weighted by molar-refractivity contribution is -0.169. The molecule has 1 fully saturated rings. The molecule has 0 aromatic heterocycles. The van der Waals surface area contributed by atoms with Gasteiger partial charge in [-0.05, 0) is 11.1 Å². The van der Waals surface area contributed by atoms with Gasteiger partial charge >= 0.3 is 0 Å². The molecule has 0 amide bonds. The Balaban J connectivity index is 2.17. The van der Waals surface area contributed by atoms with Crippen LogP contribution in [0.2, 0.25) is 0 Å². The average molecular weight is 256 g/mol. The summed E-state index contributed by atoms with van der Waals surface area (Å²) in [6.45, 7) is 0. The first kappa shape index (κ1) is 12.4. The number of benzene rings is 2. The van der Waals surface area contributed by atoms with Crippen LogP contribution in [0.25, 0.3) is 0 Å². The van der Waals surface area contributed by atoms with Gasteiger partial charge in [0, 0.05) is 6.42 Å². The van der Waals surface area contributed by atoms with Crippen LogP contribution in [0.5, 0.6) is 0 Å². The van der Waals surface area contributed by atoms with Crippen LogP contribution in [-0.4, -0.2) is 22.8 Å². The Kier molecular flexibility index (Phi) is 3.11. The fourth-order valence-corrected chi connectivity index (χ4v) is 2.85. The predicted octanol–water partition coefficient (Wildman–Crippen LogP) is 2.03. The normalized spacial score (nSPS) is 25.4. The highest BCUT2D eigenvalue weighted by Crippen LogP contribution is 2.45. The van der Waals surface area contributed by atoms with Gasteiger partial charge in [0.1, 0.15) is 0 Å². The molecule has 3 heteroatoms. The van der Waals surface area contributed by atoms with Crippen LogP contribution in [0, 0.1) is 0 Å². The lowest BCUT2D eigenvalue weighted by Crippen LogP contribution is -2.36. The van der Waals surface area contributed by atoms with Crippen LogP contribution >= 0.6 is 0 Å². The lowest BCUT2D eigenvalue weighted by Gasteiger charge is -2.32. The summed E-state index contributed by atoms with van der Waals surface area (Å²) < 4.78 is 5.20. The molecule has 3 rings (SSSR count). The van der Waals surface area contributed by atoms with E-state index in [1.54, 1.807) is 0 Å². The van der Waals surface area contributed by atoms with E-state index < -0.39 is 18.0 Å². The molecule has 1 aliphatic heterocycles. The highest BCUT2D eigenvalue weighted by atomic mass is 16.7. The summed E-state index contributed by atoms with van der Waals surface area (Å²) >= 11 is 0. The van der Waals surface area contributed by atoms with E-state index in [0.29, 0.717) is 6.42 Å². The summed E-state index contributed by atoms with van der Waals surface area (Å²) in [5.41, 5.74) is 1.19. The number of hydrogen-bond donors (Lipinski definition) is 2. The van der Waals surface area contributed by atoms with E-state index in [4.69, 9.17) is 4.74 Å². The third kappa shape index (κ3) is 1.96. The quantitative estimate of drug-likeness (QED) is 0.864. The van der Waals surface area contributed by atoms with E-state index in [1.165, 1.54) is 0 Å². The second-order valence-corrected chi connectivity index (χ2v) is 4.85. The van der Waals surface area contributed by atoms with E-state index in [2.05, 4.69) is 0 Å². The smallest absolute Gasteiger partial charge is 0.171 e. The maximum atomic E-state index is 10.3. The maximum Gasteiger partial charge on any atom is 0.171 e. The van der Waals surface area contributed by atoms with Gasteiger partial charge in [-0.3, -0.25) is 0 Å².